The zero-order valence-corrected chi connectivity index (χ0v) is 8.36. The van der Waals surface area contributed by atoms with Crippen LogP contribution in [-0.4, -0.2) is 4.98 Å². The second kappa shape index (κ2) is 4.70. The maximum atomic E-state index is 13.2. The Labute approximate surface area is 91.5 Å². The number of hydrogen-bond donors (Lipinski definition) is 0. The molecule has 0 radical (unpaired) electrons. The molecule has 0 amide bonds. The lowest BCUT2D eigenvalue weighted by Crippen LogP contribution is -1.99. The second-order valence-corrected chi connectivity index (χ2v) is 3.19. The third-order valence-corrected chi connectivity index (χ3v) is 2.03. The maximum absolute atomic E-state index is 13.2. The van der Waals surface area contributed by atoms with Gasteiger partial charge in [-0.25, -0.2) is 13.8 Å². The van der Waals surface area contributed by atoms with Gasteiger partial charge in [0.1, 0.15) is 18.2 Å². The quantitative estimate of drug-likeness (QED) is 0.795. The van der Waals surface area contributed by atoms with Crippen LogP contribution >= 0.6 is 0 Å². The molecule has 2 aromatic rings. The van der Waals surface area contributed by atoms with Crippen molar-refractivity contribution in [3.8, 4) is 5.88 Å². The number of halogens is 2. The number of aromatic nitrogens is 1. The van der Waals surface area contributed by atoms with Gasteiger partial charge in [0.15, 0.2) is 0 Å². The smallest absolute Gasteiger partial charge is 0.213 e. The topological polar surface area (TPSA) is 22.1 Å². The largest absolute Gasteiger partial charge is 0.473 e. The van der Waals surface area contributed by atoms with Gasteiger partial charge in [0.05, 0.1) is 0 Å². The third kappa shape index (κ3) is 2.53. The van der Waals surface area contributed by atoms with E-state index in [9.17, 15) is 8.78 Å². The lowest BCUT2D eigenvalue weighted by atomic mass is 10.2. The minimum atomic E-state index is -0.615. The molecule has 2 rings (SSSR count). The van der Waals surface area contributed by atoms with E-state index < -0.39 is 11.6 Å². The van der Waals surface area contributed by atoms with Crippen molar-refractivity contribution in [3.63, 3.8) is 0 Å². The van der Waals surface area contributed by atoms with Crippen molar-refractivity contribution in [3.05, 3.63) is 59.8 Å². The molecule has 0 aliphatic carbocycles. The van der Waals surface area contributed by atoms with Crippen molar-refractivity contribution in [1.82, 2.24) is 4.98 Å². The lowest BCUT2D eigenvalue weighted by Gasteiger charge is -2.05. The van der Waals surface area contributed by atoms with Crippen molar-refractivity contribution in [1.29, 1.82) is 0 Å². The fourth-order valence-corrected chi connectivity index (χ4v) is 1.22. The summed E-state index contributed by atoms with van der Waals surface area (Å²) in [6, 6.07) is 8.57. The van der Waals surface area contributed by atoms with Gasteiger partial charge in [0.25, 0.3) is 0 Å². The third-order valence-electron chi connectivity index (χ3n) is 2.03. The summed E-state index contributed by atoms with van der Waals surface area (Å²) in [4.78, 5) is 3.92. The summed E-state index contributed by atoms with van der Waals surface area (Å²) in [5, 5.41) is 0. The van der Waals surface area contributed by atoms with E-state index in [1.54, 1.807) is 24.4 Å². The fraction of sp³-hybridized carbons (Fsp3) is 0.0833. The van der Waals surface area contributed by atoms with Crippen LogP contribution in [0.2, 0.25) is 0 Å². The van der Waals surface area contributed by atoms with Gasteiger partial charge in [-0.3, -0.25) is 0 Å². The van der Waals surface area contributed by atoms with Crippen molar-refractivity contribution < 1.29 is 13.5 Å². The van der Waals surface area contributed by atoms with Crippen LogP contribution in [-0.2, 0) is 6.61 Å². The van der Waals surface area contributed by atoms with E-state index >= 15 is 0 Å². The number of benzene rings is 1. The molecule has 2 nitrogen and oxygen atoms in total. The molecule has 0 unspecified atom stereocenters. The molecule has 0 fully saturated rings. The van der Waals surface area contributed by atoms with Gasteiger partial charge in [-0.2, -0.15) is 0 Å². The number of rotatable bonds is 3. The molecule has 4 heteroatoms. The molecule has 0 spiro atoms. The Kier molecular flexibility index (Phi) is 3.10. The number of ether oxygens (including phenoxy) is 1. The predicted octanol–water partition coefficient (Wildman–Crippen LogP) is 2.94. The zero-order valence-electron chi connectivity index (χ0n) is 8.36. The maximum Gasteiger partial charge on any atom is 0.213 e. The molecule has 16 heavy (non-hydrogen) atoms. The number of hydrogen-bond acceptors (Lipinski definition) is 2. The summed E-state index contributed by atoms with van der Waals surface area (Å²) in [6.07, 6.45) is 1.58. The van der Waals surface area contributed by atoms with E-state index in [0.717, 1.165) is 6.07 Å². The van der Waals surface area contributed by atoms with E-state index in [-0.39, 0.29) is 6.61 Å². The molecular weight excluding hydrogens is 212 g/mol. The lowest BCUT2D eigenvalue weighted by molar-refractivity contribution is 0.287. The molecular formula is C12H9F2NO. The normalized spacial score (nSPS) is 10.1. The van der Waals surface area contributed by atoms with Gasteiger partial charge < -0.3 is 4.74 Å². The first-order valence-electron chi connectivity index (χ1n) is 4.73. The van der Waals surface area contributed by atoms with E-state index in [0.29, 0.717) is 11.4 Å². The SMILES string of the molecule is Fc1ccc(COc2ccccn2)c(F)c1. The summed E-state index contributed by atoms with van der Waals surface area (Å²) in [7, 11) is 0. The van der Waals surface area contributed by atoms with Gasteiger partial charge in [0, 0.05) is 23.9 Å². The van der Waals surface area contributed by atoms with Gasteiger partial charge in [-0.05, 0) is 18.2 Å². The summed E-state index contributed by atoms with van der Waals surface area (Å²) >= 11 is 0. The average molecular weight is 221 g/mol. The van der Waals surface area contributed by atoms with Crippen molar-refractivity contribution in [2.75, 3.05) is 0 Å². The van der Waals surface area contributed by atoms with Crippen LogP contribution < -0.4 is 4.74 Å². The molecule has 0 saturated heterocycles. The molecule has 0 bridgehead atoms. The highest BCUT2D eigenvalue weighted by Crippen LogP contribution is 2.12. The first kappa shape index (κ1) is 10.5. The molecule has 1 aromatic heterocycles. The highest BCUT2D eigenvalue weighted by atomic mass is 19.1. The summed E-state index contributed by atoms with van der Waals surface area (Å²) in [5.74, 6) is -0.804. The van der Waals surface area contributed by atoms with Gasteiger partial charge in [0.2, 0.25) is 5.88 Å². The van der Waals surface area contributed by atoms with E-state index in [1.165, 1.54) is 12.1 Å². The van der Waals surface area contributed by atoms with E-state index in [4.69, 9.17) is 4.74 Å². The fourth-order valence-electron chi connectivity index (χ4n) is 1.22. The van der Waals surface area contributed by atoms with Crippen LogP contribution in [0.4, 0.5) is 8.78 Å². The van der Waals surface area contributed by atoms with Gasteiger partial charge >= 0.3 is 0 Å². The molecule has 82 valence electrons. The minimum absolute atomic E-state index is 0.0309. The first-order chi connectivity index (χ1) is 7.75. The highest BCUT2D eigenvalue weighted by Gasteiger charge is 2.04. The van der Waals surface area contributed by atoms with Crippen LogP contribution in [0.3, 0.4) is 0 Å². The summed E-state index contributed by atoms with van der Waals surface area (Å²) in [6.45, 7) is 0.0309. The monoisotopic (exact) mass is 221 g/mol. The van der Waals surface area contributed by atoms with Crippen LogP contribution in [0.1, 0.15) is 5.56 Å². The predicted molar refractivity (Wildman–Crippen MR) is 54.9 cm³/mol. The van der Waals surface area contributed by atoms with E-state index in [2.05, 4.69) is 4.98 Å². The molecule has 0 aliphatic rings. The van der Waals surface area contributed by atoms with Gasteiger partial charge in [-0.1, -0.05) is 6.07 Å². The van der Waals surface area contributed by atoms with Crippen LogP contribution in [0.15, 0.2) is 42.6 Å². The number of nitrogens with zero attached hydrogens (tertiary/aromatic N) is 1. The highest BCUT2D eigenvalue weighted by molar-refractivity contribution is 5.19. The molecule has 1 aromatic carbocycles. The molecule has 0 aliphatic heterocycles. The van der Waals surface area contributed by atoms with Crippen LogP contribution in [0.25, 0.3) is 0 Å². The number of pyridine rings is 1. The Bertz CT molecular complexity index is 474. The van der Waals surface area contributed by atoms with Gasteiger partial charge in [-0.15, -0.1) is 0 Å². The van der Waals surface area contributed by atoms with Crippen molar-refractivity contribution in [2.24, 2.45) is 0 Å². The van der Waals surface area contributed by atoms with Crippen molar-refractivity contribution in [2.45, 2.75) is 6.61 Å². The zero-order chi connectivity index (χ0) is 11.4. The van der Waals surface area contributed by atoms with Crippen LogP contribution in [0, 0.1) is 11.6 Å². The molecule has 1 heterocycles. The van der Waals surface area contributed by atoms with Crippen molar-refractivity contribution >= 4 is 0 Å². The Morgan fingerprint density at radius 3 is 2.69 bits per heavy atom. The Morgan fingerprint density at radius 2 is 2.00 bits per heavy atom. The van der Waals surface area contributed by atoms with E-state index in [1.807, 2.05) is 0 Å². The Morgan fingerprint density at radius 1 is 1.12 bits per heavy atom. The summed E-state index contributed by atoms with van der Waals surface area (Å²) in [5.41, 5.74) is 0.298. The second-order valence-electron chi connectivity index (χ2n) is 3.19. The molecule has 0 N–H and O–H groups in total. The average Bonchev–Trinajstić information content (AvgIpc) is 2.29. The Balaban J connectivity index is 2.05. The molecule has 0 saturated carbocycles. The first-order valence-corrected chi connectivity index (χ1v) is 4.73. The standard InChI is InChI=1S/C12H9F2NO/c13-10-5-4-9(11(14)7-10)8-16-12-3-1-2-6-15-12/h1-7H,8H2. The van der Waals surface area contributed by atoms with Crippen LogP contribution in [0.5, 0.6) is 5.88 Å². The minimum Gasteiger partial charge on any atom is -0.473 e. The Hall–Kier alpha value is -1.97. The summed E-state index contributed by atoms with van der Waals surface area (Å²) < 4.78 is 31.1. The molecule has 0 atom stereocenters.